The number of carbonyl (C=O) groups is 1. The summed E-state index contributed by atoms with van der Waals surface area (Å²) in [6.07, 6.45) is -1.55. The first-order valence-electron chi connectivity index (χ1n) is 11.5. The molecule has 2 heterocycles. The van der Waals surface area contributed by atoms with Crippen molar-refractivity contribution in [3.05, 3.63) is 78.6 Å². The first kappa shape index (κ1) is 27.4. The summed E-state index contributed by atoms with van der Waals surface area (Å²) in [5.41, 5.74) is 2.53. The normalized spacial score (nSPS) is 16.0. The van der Waals surface area contributed by atoms with Gasteiger partial charge >= 0.3 is 6.36 Å². The smallest absolute Gasteiger partial charge is 0.457 e. The number of aromatic nitrogens is 1. The highest BCUT2D eigenvalue weighted by Gasteiger charge is 2.52. The summed E-state index contributed by atoms with van der Waals surface area (Å²) in [4.78, 5) is 18.6. The molecule has 9 nitrogen and oxygen atoms in total. The number of hydrogen-bond acceptors (Lipinski definition) is 8. The minimum Gasteiger partial charge on any atom is -0.457 e. The highest BCUT2D eigenvalue weighted by atomic mass is 32.2. The molecule has 202 valence electrons. The molecule has 0 spiro atoms. The number of alkyl halides is 3. The van der Waals surface area contributed by atoms with Gasteiger partial charge in [-0.25, -0.2) is 13.9 Å². The molecule has 1 amide bonds. The molecule has 0 unspecified atom stereocenters. The second kappa shape index (κ2) is 11.0. The Kier molecular flexibility index (Phi) is 7.90. The molecule has 2 aromatic carbocycles. The van der Waals surface area contributed by atoms with Crippen LogP contribution in [0.15, 0.2) is 78.0 Å². The molecule has 1 aliphatic rings. The summed E-state index contributed by atoms with van der Waals surface area (Å²) in [6.45, 7) is 1.18. The van der Waals surface area contributed by atoms with Gasteiger partial charge in [-0.3, -0.25) is 19.9 Å². The third-order valence-corrected chi connectivity index (χ3v) is 8.79. The van der Waals surface area contributed by atoms with E-state index in [-0.39, 0.29) is 29.2 Å². The molecular formula is C25H24F3N3O6S. The maximum absolute atomic E-state index is 13.7. The Balaban J connectivity index is 1.48. The highest BCUT2D eigenvalue weighted by Crippen LogP contribution is 2.37. The van der Waals surface area contributed by atoms with Crippen LogP contribution in [0.4, 0.5) is 13.2 Å². The van der Waals surface area contributed by atoms with Crippen molar-refractivity contribution in [1.29, 1.82) is 0 Å². The van der Waals surface area contributed by atoms with Crippen LogP contribution >= 0.6 is 0 Å². The number of rotatable bonds is 8. The van der Waals surface area contributed by atoms with Crippen molar-refractivity contribution in [2.75, 3.05) is 13.1 Å². The molecule has 0 atom stereocenters. The van der Waals surface area contributed by atoms with E-state index in [1.165, 1.54) is 41.9 Å². The summed E-state index contributed by atoms with van der Waals surface area (Å²) in [6, 6.07) is 13.7. The Labute approximate surface area is 216 Å². The molecule has 0 radical (unpaired) electrons. The van der Waals surface area contributed by atoms with Gasteiger partial charge in [0, 0.05) is 32.0 Å². The topological polar surface area (TPSA) is 118 Å². The second-order valence-electron chi connectivity index (χ2n) is 8.66. The lowest BCUT2D eigenvalue weighted by Gasteiger charge is -2.39. The summed E-state index contributed by atoms with van der Waals surface area (Å²) in [7, 11) is -4.23. The number of benzene rings is 2. The highest BCUT2D eigenvalue weighted by molar-refractivity contribution is 7.93. The lowest BCUT2D eigenvalue weighted by atomic mass is 9.94. The van der Waals surface area contributed by atoms with Crippen LogP contribution in [0.3, 0.4) is 0 Å². The first-order valence-corrected chi connectivity index (χ1v) is 12.9. The number of nitrogens with zero attached hydrogens (tertiary/aromatic N) is 2. The van der Waals surface area contributed by atoms with Gasteiger partial charge in [0.25, 0.3) is 5.91 Å². The Morgan fingerprint density at radius 1 is 0.947 bits per heavy atom. The van der Waals surface area contributed by atoms with Crippen LogP contribution < -0.4 is 15.0 Å². The Bertz CT molecular complexity index is 1340. The van der Waals surface area contributed by atoms with Crippen molar-refractivity contribution in [3.63, 3.8) is 0 Å². The number of halogens is 3. The molecule has 2 N–H and O–H groups in total. The number of piperidine rings is 1. The van der Waals surface area contributed by atoms with Crippen LogP contribution in [0.1, 0.15) is 18.4 Å². The van der Waals surface area contributed by atoms with Gasteiger partial charge in [0.2, 0.25) is 0 Å². The van der Waals surface area contributed by atoms with Gasteiger partial charge < -0.3 is 9.47 Å². The van der Waals surface area contributed by atoms with Crippen LogP contribution in [0.25, 0.3) is 0 Å². The molecule has 0 saturated carbocycles. The number of likely N-dealkylation sites (tertiary alicyclic amines) is 1. The van der Waals surface area contributed by atoms with E-state index in [1.807, 2.05) is 17.0 Å². The number of pyridine rings is 1. The van der Waals surface area contributed by atoms with Gasteiger partial charge in [0.1, 0.15) is 17.2 Å². The molecule has 4 rings (SSSR count). The molecule has 1 fully saturated rings. The van der Waals surface area contributed by atoms with E-state index in [4.69, 9.17) is 4.74 Å². The van der Waals surface area contributed by atoms with Crippen LogP contribution in [0, 0.1) is 0 Å². The molecular weight excluding hydrogens is 527 g/mol. The monoisotopic (exact) mass is 551 g/mol. The third-order valence-electron chi connectivity index (χ3n) is 6.28. The van der Waals surface area contributed by atoms with Gasteiger partial charge in [-0.15, -0.1) is 13.2 Å². The summed E-state index contributed by atoms with van der Waals surface area (Å²) in [5.74, 6) is -0.984. The van der Waals surface area contributed by atoms with Crippen molar-refractivity contribution in [2.45, 2.75) is 35.4 Å². The Morgan fingerprint density at radius 2 is 1.47 bits per heavy atom. The molecule has 0 bridgehead atoms. The largest absolute Gasteiger partial charge is 0.573 e. The van der Waals surface area contributed by atoms with E-state index in [1.54, 1.807) is 12.4 Å². The van der Waals surface area contributed by atoms with Crippen LogP contribution in [-0.2, 0) is 21.2 Å². The SMILES string of the molecule is O=C(NO)C1(S(=O)(=O)c2ccc(Oc3ccc(OC(F)(F)F)cc3)cc2)CCN(Cc2ccncc2)CC1. The zero-order valence-electron chi connectivity index (χ0n) is 19.9. The number of hydrogen-bond donors (Lipinski definition) is 2. The number of carbonyl (C=O) groups excluding carboxylic acids is 1. The number of amides is 1. The van der Waals surface area contributed by atoms with Crippen molar-refractivity contribution < 1.29 is 41.1 Å². The van der Waals surface area contributed by atoms with E-state index in [2.05, 4.69) is 9.72 Å². The molecule has 38 heavy (non-hydrogen) atoms. The third kappa shape index (κ3) is 6.06. The maximum Gasteiger partial charge on any atom is 0.573 e. The minimum absolute atomic E-state index is 0.0304. The van der Waals surface area contributed by atoms with Crippen LogP contribution in [0.2, 0.25) is 0 Å². The molecule has 3 aromatic rings. The minimum atomic E-state index is -4.82. The number of nitrogens with one attached hydrogen (secondary N) is 1. The average molecular weight is 552 g/mol. The lowest BCUT2D eigenvalue weighted by molar-refractivity contribution is -0.274. The van der Waals surface area contributed by atoms with Gasteiger partial charge in [-0.2, -0.15) is 0 Å². The van der Waals surface area contributed by atoms with E-state index in [9.17, 15) is 31.6 Å². The summed E-state index contributed by atoms with van der Waals surface area (Å²) in [5, 5.41) is 9.38. The predicted octanol–water partition coefficient (Wildman–Crippen LogP) is 4.09. The molecule has 1 aromatic heterocycles. The lowest BCUT2D eigenvalue weighted by Crippen LogP contribution is -2.57. The zero-order valence-corrected chi connectivity index (χ0v) is 20.7. The standard InChI is InChI=1S/C25H24F3N3O6S/c26-25(27,28)37-21-3-1-19(2-4-21)36-20-5-7-22(8-6-20)38(34,35)24(23(32)30-33)11-15-31(16-12-24)17-18-9-13-29-14-10-18/h1-10,13-14,33H,11-12,15-17H2,(H,30,32). The molecule has 1 saturated heterocycles. The van der Waals surface area contributed by atoms with Gasteiger partial charge in [-0.1, -0.05) is 0 Å². The van der Waals surface area contributed by atoms with Crippen molar-refractivity contribution in [1.82, 2.24) is 15.4 Å². The van der Waals surface area contributed by atoms with E-state index in [0.29, 0.717) is 19.6 Å². The van der Waals surface area contributed by atoms with E-state index in [0.717, 1.165) is 17.7 Å². The molecule has 13 heteroatoms. The number of ether oxygens (including phenoxy) is 2. The fourth-order valence-electron chi connectivity index (χ4n) is 4.30. The van der Waals surface area contributed by atoms with Crippen LogP contribution in [0.5, 0.6) is 17.2 Å². The van der Waals surface area contributed by atoms with E-state index >= 15 is 0 Å². The summed E-state index contributed by atoms with van der Waals surface area (Å²) >= 11 is 0. The predicted molar refractivity (Wildman–Crippen MR) is 128 cm³/mol. The quantitative estimate of drug-likeness (QED) is 0.318. The van der Waals surface area contributed by atoms with Crippen molar-refractivity contribution in [3.8, 4) is 17.2 Å². The fourth-order valence-corrected chi connectivity index (χ4v) is 6.25. The molecule has 0 aliphatic carbocycles. The molecule has 1 aliphatic heterocycles. The summed E-state index contributed by atoms with van der Waals surface area (Å²) < 4.78 is 71.8. The maximum atomic E-state index is 13.7. The zero-order chi connectivity index (χ0) is 27.4. The van der Waals surface area contributed by atoms with Gasteiger partial charge in [0.05, 0.1) is 4.90 Å². The average Bonchev–Trinajstić information content (AvgIpc) is 2.90. The van der Waals surface area contributed by atoms with Gasteiger partial charge in [-0.05, 0) is 79.1 Å². The van der Waals surface area contributed by atoms with Crippen molar-refractivity contribution in [2.24, 2.45) is 0 Å². The van der Waals surface area contributed by atoms with Gasteiger partial charge in [0.15, 0.2) is 14.6 Å². The van der Waals surface area contributed by atoms with E-state index < -0.39 is 32.6 Å². The van der Waals surface area contributed by atoms with Crippen LogP contribution in [-0.4, -0.2) is 53.6 Å². The van der Waals surface area contributed by atoms with Crippen molar-refractivity contribution >= 4 is 15.7 Å². The second-order valence-corrected chi connectivity index (χ2v) is 10.9. The number of sulfone groups is 1. The number of hydroxylamine groups is 1. The Hall–Kier alpha value is -3.68. The Morgan fingerprint density at radius 3 is 2.00 bits per heavy atom. The fraction of sp³-hybridized carbons (Fsp3) is 0.280. The first-order chi connectivity index (χ1) is 18.0.